The number of H-pyrrole nitrogens is 1. The molecule has 4 aromatic rings. The predicted octanol–water partition coefficient (Wildman–Crippen LogP) is 5.20. The van der Waals surface area contributed by atoms with Crippen LogP contribution in [0.1, 0.15) is 18.5 Å². The fourth-order valence-corrected chi connectivity index (χ4v) is 3.46. The Hall–Kier alpha value is -4.07. The minimum atomic E-state index is -0.106. The van der Waals surface area contributed by atoms with E-state index in [0.29, 0.717) is 36.1 Å². The van der Waals surface area contributed by atoms with Crippen LogP contribution < -0.4 is 10.1 Å². The van der Waals surface area contributed by atoms with E-state index in [4.69, 9.17) is 9.72 Å². The molecule has 0 aliphatic heterocycles. The van der Waals surface area contributed by atoms with Crippen LogP contribution in [0.2, 0.25) is 0 Å². The van der Waals surface area contributed by atoms with Gasteiger partial charge in [0.2, 0.25) is 0 Å². The molecule has 5 rings (SSSR count). The predicted molar refractivity (Wildman–Crippen MR) is 118 cm³/mol. The summed E-state index contributed by atoms with van der Waals surface area (Å²) in [5, 5.41) is 11.5. The summed E-state index contributed by atoms with van der Waals surface area (Å²) in [4.78, 5) is 13.6. The number of benzene rings is 1. The summed E-state index contributed by atoms with van der Waals surface area (Å²) < 4.78 is 18.7. The normalized spacial score (nSPS) is 13.6. The number of fused-ring (bicyclic) bond motifs is 1. The monoisotopic (exact) mass is 414 g/mol. The van der Waals surface area contributed by atoms with Gasteiger partial charge in [-0.3, -0.25) is 10.1 Å². The number of nitrogens with zero attached hydrogens (tertiary/aromatic N) is 4. The Kier molecular flexibility index (Phi) is 4.87. The summed E-state index contributed by atoms with van der Waals surface area (Å²) in [5.41, 5.74) is 3.43. The molecule has 1 aromatic carbocycles. The fraction of sp³-hybridized carbons (Fsp3) is 0.130. The number of methoxy groups -OCH3 is 1. The second-order valence-corrected chi connectivity index (χ2v) is 7.12. The maximum absolute atomic E-state index is 13.3. The number of nitrogens with one attached hydrogen (secondary N) is 2. The zero-order valence-corrected chi connectivity index (χ0v) is 16.8. The van der Waals surface area contributed by atoms with Crippen LogP contribution in [0.4, 0.5) is 16.0 Å². The van der Waals surface area contributed by atoms with Gasteiger partial charge in [0.15, 0.2) is 11.6 Å². The van der Waals surface area contributed by atoms with Crippen LogP contribution in [0.3, 0.4) is 0 Å². The summed E-state index contributed by atoms with van der Waals surface area (Å²) >= 11 is 0. The van der Waals surface area contributed by atoms with Crippen molar-refractivity contribution in [3.8, 4) is 17.1 Å². The van der Waals surface area contributed by atoms with Gasteiger partial charge in [0.25, 0.3) is 0 Å². The largest absolute Gasteiger partial charge is 0.497 e. The van der Waals surface area contributed by atoms with E-state index in [1.807, 2.05) is 36.4 Å². The van der Waals surface area contributed by atoms with Crippen molar-refractivity contribution in [2.75, 3.05) is 12.4 Å². The number of allylic oxidation sites excluding steroid dienone is 4. The number of hydrogen-bond acceptors (Lipinski definition) is 6. The highest BCUT2D eigenvalue weighted by Gasteiger charge is 2.14. The molecule has 3 heterocycles. The minimum Gasteiger partial charge on any atom is -0.497 e. The van der Waals surface area contributed by atoms with Gasteiger partial charge < -0.3 is 10.1 Å². The van der Waals surface area contributed by atoms with Gasteiger partial charge in [-0.1, -0.05) is 6.08 Å². The van der Waals surface area contributed by atoms with Crippen molar-refractivity contribution in [1.82, 2.24) is 25.1 Å². The van der Waals surface area contributed by atoms with E-state index in [9.17, 15) is 4.39 Å². The Morgan fingerprint density at radius 2 is 2.03 bits per heavy atom. The lowest BCUT2D eigenvalue weighted by Gasteiger charge is -2.10. The zero-order valence-electron chi connectivity index (χ0n) is 16.8. The fourth-order valence-electron chi connectivity index (χ4n) is 3.46. The Labute approximate surface area is 177 Å². The van der Waals surface area contributed by atoms with Crippen LogP contribution in [0.5, 0.6) is 5.75 Å². The van der Waals surface area contributed by atoms with Crippen LogP contribution in [0, 0.1) is 0 Å². The Morgan fingerprint density at radius 3 is 2.81 bits per heavy atom. The Balaban J connectivity index is 1.55. The first-order valence-electron chi connectivity index (χ1n) is 9.84. The molecule has 1 aliphatic rings. The molecule has 3 aromatic heterocycles. The minimum absolute atomic E-state index is 0.106. The highest BCUT2D eigenvalue weighted by atomic mass is 19.1. The van der Waals surface area contributed by atoms with E-state index >= 15 is 0 Å². The third-order valence-electron chi connectivity index (χ3n) is 5.09. The van der Waals surface area contributed by atoms with Crippen molar-refractivity contribution in [1.29, 1.82) is 0 Å². The first-order valence-corrected chi connectivity index (χ1v) is 9.84. The molecule has 0 fully saturated rings. The number of halogens is 1. The van der Waals surface area contributed by atoms with Gasteiger partial charge in [0.1, 0.15) is 17.4 Å². The Bertz CT molecular complexity index is 1310. The molecule has 0 atom stereocenters. The van der Waals surface area contributed by atoms with E-state index in [1.54, 1.807) is 25.6 Å². The molecular weight excluding hydrogens is 395 g/mol. The molecule has 0 spiro atoms. The van der Waals surface area contributed by atoms with Crippen molar-refractivity contribution < 1.29 is 9.13 Å². The smallest absolute Gasteiger partial charge is 0.163 e. The molecular formula is C23H19FN6O. The SMILES string of the molecule is COc1ccc2nc(-c3cccnc3)nc(Nc3cc(C4=CC=C(F)CC4)[nH]n3)c2c1. The molecule has 0 unspecified atom stereocenters. The molecule has 31 heavy (non-hydrogen) atoms. The lowest BCUT2D eigenvalue weighted by molar-refractivity contribution is 0.415. The average molecular weight is 414 g/mol. The van der Waals surface area contributed by atoms with Crippen molar-refractivity contribution >= 4 is 28.1 Å². The number of hydrogen-bond donors (Lipinski definition) is 2. The van der Waals surface area contributed by atoms with Crippen LogP contribution >= 0.6 is 0 Å². The van der Waals surface area contributed by atoms with Gasteiger partial charge >= 0.3 is 0 Å². The van der Waals surface area contributed by atoms with Crippen molar-refractivity contribution in [2.24, 2.45) is 0 Å². The number of aromatic amines is 1. The Morgan fingerprint density at radius 1 is 1.10 bits per heavy atom. The van der Waals surface area contributed by atoms with Gasteiger partial charge in [0.05, 0.1) is 18.3 Å². The third-order valence-corrected chi connectivity index (χ3v) is 5.09. The summed E-state index contributed by atoms with van der Waals surface area (Å²) in [6.45, 7) is 0. The summed E-state index contributed by atoms with van der Waals surface area (Å²) in [6, 6.07) is 11.3. The molecule has 8 heteroatoms. The van der Waals surface area contributed by atoms with Gasteiger partial charge in [-0.25, -0.2) is 14.4 Å². The number of anilines is 2. The second-order valence-electron chi connectivity index (χ2n) is 7.12. The second kappa shape index (κ2) is 7.98. The average Bonchev–Trinajstić information content (AvgIpc) is 3.28. The van der Waals surface area contributed by atoms with E-state index in [0.717, 1.165) is 27.7 Å². The number of ether oxygens (including phenoxy) is 1. The summed E-state index contributed by atoms with van der Waals surface area (Å²) in [5.74, 6) is 2.36. The number of rotatable bonds is 5. The van der Waals surface area contributed by atoms with Crippen LogP contribution in [-0.4, -0.2) is 32.3 Å². The lowest BCUT2D eigenvalue weighted by Crippen LogP contribution is -2.00. The van der Waals surface area contributed by atoms with E-state index in [2.05, 4.69) is 25.5 Å². The van der Waals surface area contributed by atoms with E-state index < -0.39 is 0 Å². The zero-order chi connectivity index (χ0) is 21.2. The molecule has 0 amide bonds. The van der Waals surface area contributed by atoms with E-state index in [-0.39, 0.29) is 5.83 Å². The number of aromatic nitrogens is 5. The first kappa shape index (κ1) is 18.9. The summed E-state index contributed by atoms with van der Waals surface area (Å²) in [7, 11) is 1.62. The molecule has 2 N–H and O–H groups in total. The van der Waals surface area contributed by atoms with Crippen LogP contribution in [0.15, 0.2) is 66.8 Å². The topological polar surface area (TPSA) is 88.6 Å². The van der Waals surface area contributed by atoms with Crippen molar-refractivity contribution in [3.63, 3.8) is 0 Å². The lowest BCUT2D eigenvalue weighted by atomic mass is 10.0. The molecule has 0 radical (unpaired) electrons. The molecule has 154 valence electrons. The first-order chi connectivity index (χ1) is 15.2. The van der Waals surface area contributed by atoms with Crippen molar-refractivity contribution in [3.05, 3.63) is 72.5 Å². The standard InChI is InChI=1S/C23H19FN6O/c1-31-17-8-9-19-18(11-17)23(28-22(26-19)15-3-2-10-25-13-15)27-21-12-20(29-30-21)14-4-6-16(24)7-5-14/h2-4,6,8-13H,5,7H2,1H3,(H2,26,27,28,29,30). The van der Waals surface area contributed by atoms with Gasteiger partial charge in [0, 0.05) is 35.8 Å². The number of pyridine rings is 1. The quantitative estimate of drug-likeness (QED) is 0.467. The van der Waals surface area contributed by atoms with Crippen LogP contribution in [-0.2, 0) is 0 Å². The molecule has 0 saturated carbocycles. The molecule has 7 nitrogen and oxygen atoms in total. The molecule has 0 saturated heterocycles. The van der Waals surface area contributed by atoms with Gasteiger partial charge in [-0.15, -0.1) is 0 Å². The molecule has 0 bridgehead atoms. The molecule has 1 aliphatic carbocycles. The maximum atomic E-state index is 13.3. The highest BCUT2D eigenvalue weighted by molar-refractivity contribution is 5.93. The van der Waals surface area contributed by atoms with Crippen LogP contribution in [0.25, 0.3) is 27.9 Å². The third kappa shape index (κ3) is 3.87. The van der Waals surface area contributed by atoms with Crippen molar-refractivity contribution in [2.45, 2.75) is 12.8 Å². The van der Waals surface area contributed by atoms with Gasteiger partial charge in [-0.05, 0) is 48.4 Å². The van der Waals surface area contributed by atoms with Gasteiger partial charge in [-0.2, -0.15) is 5.10 Å². The maximum Gasteiger partial charge on any atom is 0.163 e. The van der Waals surface area contributed by atoms with E-state index in [1.165, 1.54) is 6.08 Å². The summed E-state index contributed by atoms with van der Waals surface area (Å²) in [6.07, 6.45) is 7.74. The highest BCUT2D eigenvalue weighted by Crippen LogP contribution is 2.31.